The van der Waals surface area contributed by atoms with E-state index in [1.807, 2.05) is 11.8 Å². The molecule has 0 spiro atoms. The summed E-state index contributed by atoms with van der Waals surface area (Å²) in [6.45, 7) is 4.28. The third kappa shape index (κ3) is 2.20. The van der Waals surface area contributed by atoms with E-state index in [1.165, 1.54) is 23.3 Å². The molecule has 0 bridgehead atoms. The fourth-order valence-corrected chi connectivity index (χ4v) is 4.45. The third-order valence-electron chi connectivity index (χ3n) is 4.27. The molecule has 3 heteroatoms. The molecule has 0 aromatic heterocycles. The molecule has 0 amide bonds. The van der Waals surface area contributed by atoms with E-state index in [9.17, 15) is 0 Å². The molecular weight excluding hydrogens is 240 g/mol. The molecule has 3 rings (SSSR count). The number of hydrogen-bond acceptors (Lipinski definition) is 3. The number of benzene rings is 1. The lowest BCUT2D eigenvalue weighted by Gasteiger charge is -2.20. The van der Waals surface area contributed by atoms with Gasteiger partial charge in [0.2, 0.25) is 0 Å². The van der Waals surface area contributed by atoms with Gasteiger partial charge in [0.15, 0.2) is 0 Å². The zero-order valence-electron chi connectivity index (χ0n) is 11.2. The second-order valence-corrected chi connectivity index (χ2v) is 7.27. The first-order valence-electron chi connectivity index (χ1n) is 6.87. The largest absolute Gasteiger partial charge is 0.330 e. The van der Waals surface area contributed by atoms with Gasteiger partial charge in [-0.05, 0) is 49.5 Å². The molecule has 0 aliphatic carbocycles. The molecule has 2 heterocycles. The summed E-state index contributed by atoms with van der Waals surface area (Å²) >= 11 is 2.01. The summed E-state index contributed by atoms with van der Waals surface area (Å²) in [6, 6.07) is 7.66. The number of thioether (sulfide) groups is 1. The van der Waals surface area contributed by atoms with Crippen LogP contribution in [0.3, 0.4) is 0 Å². The Bertz CT molecular complexity index is 446. The summed E-state index contributed by atoms with van der Waals surface area (Å²) in [5, 5.41) is 0.744. The van der Waals surface area contributed by atoms with Crippen LogP contribution in [0.1, 0.15) is 30.5 Å². The Morgan fingerprint density at radius 2 is 2.28 bits per heavy atom. The molecule has 18 heavy (non-hydrogen) atoms. The first-order valence-corrected chi connectivity index (χ1v) is 7.75. The van der Waals surface area contributed by atoms with Crippen molar-refractivity contribution in [3.8, 4) is 0 Å². The fraction of sp³-hybridized carbons (Fsp3) is 0.600. The van der Waals surface area contributed by atoms with E-state index >= 15 is 0 Å². The molecule has 2 N–H and O–H groups in total. The monoisotopic (exact) mass is 262 g/mol. The van der Waals surface area contributed by atoms with Gasteiger partial charge in [0.25, 0.3) is 0 Å². The van der Waals surface area contributed by atoms with Crippen LogP contribution in [0.25, 0.3) is 0 Å². The molecule has 2 aliphatic heterocycles. The van der Waals surface area contributed by atoms with Crippen LogP contribution in [0.5, 0.6) is 0 Å². The van der Waals surface area contributed by atoms with Crippen molar-refractivity contribution in [1.82, 2.24) is 4.90 Å². The molecule has 1 aromatic rings. The second kappa shape index (κ2) is 4.87. The van der Waals surface area contributed by atoms with Crippen LogP contribution in [0, 0.1) is 5.92 Å². The predicted molar refractivity (Wildman–Crippen MR) is 78.0 cm³/mol. The van der Waals surface area contributed by atoms with Gasteiger partial charge in [-0.1, -0.05) is 19.1 Å². The smallest absolute Gasteiger partial charge is 0.0348 e. The van der Waals surface area contributed by atoms with E-state index in [-0.39, 0.29) is 0 Å². The maximum Gasteiger partial charge on any atom is 0.0348 e. The van der Waals surface area contributed by atoms with Gasteiger partial charge in [0.1, 0.15) is 0 Å². The van der Waals surface area contributed by atoms with Gasteiger partial charge in [0.05, 0.1) is 0 Å². The van der Waals surface area contributed by atoms with Crippen molar-refractivity contribution in [2.75, 3.05) is 20.1 Å². The van der Waals surface area contributed by atoms with E-state index < -0.39 is 0 Å². The van der Waals surface area contributed by atoms with Gasteiger partial charge in [0, 0.05) is 22.7 Å². The maximum atomic E-state index is 5.81. The number of fused-ring (bicyclic) bond motifs is 1. The minimum absolute atomic E-state index is 0.574. The SMILES string of the molecule is CC1Cc2cc(C3CC(CN)CN3C)ccc2S1. The van der Waals surface area contributed by atoms with E-state index in [2.05, 4.69) is 37.1 Å². The van der Waals surface area contributed by atoms with Crippen LogP contribution in [0.2, 0.25) is 0 Å². The number of rotatable bonds is 2. The Hall–Kier alpha value is -0.510. The number of likely N-dealkylation sites (tertiary alicyclic amines) is 1. The quantitative estimate of drug-likeness (QED) is 0.888. The van der Waals surface area contributed by atoms with Gasteiger partial charge >= 0.3 is 0 Å². The topological polar surface area (TPSA) is 29.3 Å². The van der Waals surface area contributed by atoms with Crippen LogP contribution in [0.4, 0.5) is 0 Å². The lowest BCUT2D eigenvalue weighted by atomic mass is 9.97. The molecule has 3 unspecified atom stereocenters. The molecule has 1 aromatic carbocycles. The lowest BCUT2D eigenvalue weighted by Crippen LogP contribution is -2.20. The zero-order valence-corrected chi connectivity index (χ0v) is 12.0. The molecule has 2 aliphatic rings. The fourth-order valence-electron chi connectivity index (χ4n) is 3.32. The standard InChI is InChI=1S/C15H22N2S/c1-10-5-13-7-12(3-4-15(13)18-10)14-6-11(8-16)9-17(14)2/h3-4,7,10-11,14H,5-6,8-9,16H2,1-2H3. The van der Waals surface area contributed by atoms with Gasteiger partial charge in [-0.2, -0.15) is 0 Å². The highest BCUT2D eigenvalue weighted by atomic mass is 32.2. The normalized spacial score (nSPS) is 31.8. The van der Waals surface area contributed by atoms with Crippen molar-refractivity contribution >= 4 is 11.8 Å². The Labute approximate surface area is 114 Å². The van der Waals surface area contributed by atoms with Gasteiger partial charge in [-0.3, -0.25) is 4.90 Å². The number of nitrogens with two attached hydrogens (primary N) is 1. The van der Waals surface area contributed by atoms with Gasteiger partial charge < -0.3 is 5.73 Å². The van der Waals surface area contributed by atoms with Crippen LogP contribution >= 0.6 is 11.8 Å². The van der Waals surface area contributed by atoms with Crippen LogP contribution in [0.15, 0.2) is 23.1 Å². The number of nitrogens with zero attached hydrogens (tertiary/aromatic N) is 1. The van der Waals surface area contributed by atoms with Crippen LogP contribution in [-0.4, -0.2) is 30.3 Å². The number of hydrogen-bond donors (Lipinski definition) is 1. The Kier molecular flexibility index (Phi) is 3.39. The highest BCUT2D eigenvalue weighted by Gasteiger charge is 2.30. The molecule has 1 fully saturated rings. The van der Waals surface area contributed by atoms with E-state index in [1.54, 1.807) is 5.56 Å². The Balaban J connectivity index is 1.83. The van der Waals surface area contributed by atoms with E-state index in [0.717, 1.165) is 18.3 Å². The van der Waals surface area contributed by atoms with E-state index in [4.69, 9.17) is 5.73 Å². The van der Waals surface area contributed by atoms with Crippen LogP contribution < -0.4 is 5.73 Å². The average molecular weight is 262 g/mol. The first-order chi connectivity index (χ1) is 8.67. The summed E-state index contributed by atoms with van der Waals surface area (Å²) in [6.07, 6.45) is 2.44. The Morgan fingerprint density at radius 3 is 3.00 bits per heavy atom. The van der Waals surface area contributed by atoms with Gasteiger partial charge in [-0.25, -0.2) is 0 Å². The minimum Gasteiger partial charge on any atom is -0.330 e. The van der Waals surface area contributed by atoms with Crippen molar-refractivity contribution in [1.29, 1.82) is 0 Å². The highest BCUT2D eigenvalue weighted by molar-refractivity contribution is 8.00. The van der Waals surface area contributed by atoms with Crippen molar-refractivity contribution in [3.63, 3.8) is 0 Å². The van der Waals surface area contributed by atoms with Crippen LogP contribution in [-0.2, 0) is 6.42 Å². The van der Waals surface area contributed by atoms with Crippen molar-refractivity contribution in [2.45, 2.75) is 36.0 Å². The Morgan fingerprint density at radius 1 is 1.44 bits per heavy atom. The lowest BCUT2D eigenvalue weighted by molar-refractivity contribution is 0.313. The predicted octanol–water partition coefficient (Wildman–Crippen LogP) is 2.67. The summed E-state index contributed by atoms with van der Waals surface area (Å²) in [5.74, 6) is 0.668. The zero-order chi connectivity index (χ0) is 12.7. The summed E-state index contributed by atoms with van der Waals surface area (Å²) in [5.41, 5.74) is 8.85. The minimum atomic E-state index is 0.574. The summed E-state index contributed by atoms with van der Waals surface area (Å²) in [4.78, 5) is 3.95. The third-order valence-corrected chi connectivity index (χ3v) is 5.49. The molecule has 1 saturated heterocycles. The second-order valence-electron chi connectivity index (χ2n) is 5.79. The maximum absolute atomic E-state index is 5.81. The van der Waals surface area contributed by atoms with E-state index in [0.29, 0.717) is 12.0 Å². The van der Waals surface area contributed by atoms with Crippen molar-refractivity contribution in [3.05, 3.63) is 29.3 Å². The molecular formula is C15H22N2S. The first kappa shape index (κ1) is 12.5. The molecule has 3 atom stereocenters. The molecule has 2 nitrogen and oxygen atoms in total. The van der Waals surface area contributed by atoms with Crippen molar-refractivity contribution in [2.24, 2.45) is 11.7 Å². The molecule has 0 saturated carbocycles. The molecule has 0 radical (unpaired) electrons. The summed E-state index contributed by atoms with van der Waals surface area (Å²) in [7, 11) is 2.23. The van der Waals surface area contributed by atoms with Crippen molar-refractivity contribution < 1.29 is 0 Å². The summed E-state index contributed by atoms with van der Waals surface area (Å²) < 4.78 is 0. The highest BCUT2D eigenvalue weighted by Crippen LogP contribution is 2.40. The average Bonchev–Trinajstić information content (AvgIpc) is 2.89. The van der Waals surface area contributed by atoms with Gasteiger partial charge in [-0.15, -0.1) is 11.8 Å². The molecule has 98 valence electrons.